The molecule has 0 N–H and O–H groups in total. The van der Waals surface area contributed by atoms with E-state index in [0.717, 1.165) is 5.69 Å². The van der Waals surface area contributed by atoms with Crippen molar-refractivity contribution in [3.63, 3.8) is 0 Å². The first kappa shape index (κ1) is 14.6. The Labute approximate surface area is 119 Å². The maximum atomic E-state index is 12.3. The van der Waals surface area contributed by atoms with E-state index in [0.29, 0.717) is 25.4 Å². The minimum Gasteiger partial charge on any atom is -0.347 e. The quantitative estimate of drug-likeness (QED) is 0.825. The third-order valence-electron chi connectivity index (χ3n) is 3.46. The van der Waals surface area contributed by atoms with Crippen molar-refractivity contribution in [2.75, 3.05) is 20.6 Å². The van der Waals surface area contributed by atoms with Gasteiger partial charge < -0.3 is 9.80 Å². The normalized spacial score (nSPS) is 18.1. The maximum Gasteiger partial charge on any atom is 0.248 e. The summed E-state index contributed by atoms with van der Waals surface area (Å²) in [5.74, 6) is 0.387. The zero-order valence-electron chi connectivity index (χ0n) is 12.5. The molecule has 2 heterocycles. The predicted octanol–water partition coefficient (Wildman–Crippen LogP) is 0.901. The molecule has 0 saturated heterocycles. The molecule has 1 aromatic heterocycles. The first-order chi connectivity index (χ1) is 9.40. The molecule has 1 atom stereocenters. The molecule has 2 rings (SSSR count). The second-order valence-electron chi connectivity index (χ2n) is 5.89. The van der Waals surface area contributed by atoms with Crippen LogP contribution in [0.2, 0.25) is 0 Å². The zero-order valence-corrected chi connectivity index (χ0v) is 12.5. The zero-order chi connectivity index (χ0) is 14.9. The summed E-state index contributed by atoms with van der Waals surface area (Å²) in [5.41, 5.74) is 0.911. The molecule has 0 fully saturated rings. The average molecular weight is 278 g/mol. The molecule has 0 spiro atoms. The lowest BCUT2D eigenvalue weighted by Crippen LogP contribution is -2.47. The predicted molar refractivity (Wildman–Crippen MR) is 74.8 cm³/mol. The van der Waals surface area contributed by atoms with Crippen molar-refractivity contribution in [1.82, 2.24) is 19.6 Å². The van der Waals surface area contributed by atoms with Crippen LogP contribution in [0.15, 0.2) is 12.3 Å². The van der Waals surface area contributed by atoms with Gasteiger partial charge in [0.25, 0.3) is 0 Å². The van der Waals surface area contributed by atoms with Crippen LogP contribution >= 0.6 is 0 Å². The molecular weight excluding hydrogens is 256 g/mol. The molecule has 6 heteroatoms. The minimum absolute atomic E-state index is 0.0306. The molecular formula is C14H22N4O2. The lowest BCUT2D eigenvalue weighted by atomic mass is 10.1. The number of carbonyl (C=O) groups is 2. The van der Waals surface area contributed by atoms with E-state index >= 15 is 0 Å². The van der Waals surface area contributed by atoms with Gasteiger partial charge in [0.15, 0.2) is 0 Å². The first-order valence-electron chi connectivity index (χ1n) is 6.91. The van der Waals surface area contributed by atoms with Crippen LogP contribution in [0.5, 0.6) is 0 Å². The van der Waals surface area contributed by atoms with Gasteiger partial charge in [0.2, 0.25) is 11.8 Å². The maximum absolute atomic E-state index is 12.3. The van der Waals surface area contributed by atoms with Crippen molar-refractivity contribution < 1.29 is 9.59 Å². The van der Waals surface area contributed by atoms with E-state index in [1.807, 2.05) is 19.9 Å². The fourth-order valence-electron chi connectivity index (χ4n) is 2.44. The van der Waals surface area contributed by atoms with Crippen molar-refractivity contribution in [3.8, 4) is 0 Å². The second kappa shape index (κ2) is 5.64. The Kier molecular flexibility index (Phi) is 4.11. The van der Waals surface area contributed by atoms with E-state index in [1.165, 1.54) is 0 Å². The second-order valence-corrected chi connectivity index (χ2v) is 5.89. The third kappa shape index (κ3) is 2.84. The summed E-state index contributed by atoms with van der Waals surface area (Å²) in [4.78, 5) is 27.8. The van der Waals surface area contributed by atoms with E-state index < -0.39 is 6.04 Å². The molecule has 0 radical (unpaired) electrons. The number of hydrogen-bond donors (Lipinski definition) is 0. The third-order valence-corrected chi connectivity index (χ3v) is 3.46. The molecule has 0 bridgehead atoms. The largest absolute Gasteiger partial charge is 0.347 e. The van der Waals surface area contributed by atoms with Crippen molar-refractivity contribution in [2.24, 2.45) is 5.92 Å². The molecule has 2 amide bonds. The van der Waals surface area contributed by atoms with Crippen LogP contribution in [0, 0.1) is 5.92 Å². The fourth-order valence-corrected chi connectivity index (χ4v) is 2.44. The summed E-state index contributed by atoms with van der Waals surface area (Å²) in [6.45, 7) is 4.98. The van der Waals surface area contributed by atoms with E-state index in [1.54, 1.807) is 34.8 Å². The van der Waals surface area contributed by atoms with Crippen molar-refractivity contribution in [2.45, 2.75) is 32.9 Å². The van der Waals surface area contributed by atoms with E-state index in [2.05, 4.69) is 5.10 Å². The number of amides is 2. The van der Waals surface area contributed by atoms with Crippen molar-refractivity contribution in [3.05, 3.63) is 18.0 Å². The van der Waals surface area contributed by atoms with Gasteiger partial charge in [-0.05, 0) is 12.0 Å². The highest BCUT2D eigenvalue weighted by Gasteiger charge is 2.33. The Hall–Kier alpha value is -1.85. The minimum atomic E-state index is -0.417. The smallest absolute Gasteiger partial charge is 0.248 e. The summed E-state index contributed by atoms with van der Waals surface area (Å²) in [7, 11) is 3.45. The molecule has 110 valence electrons. The van der Waals surface area contributed by atoms with Crippen LogP contribution in [-0.4, -0.2) is 52.0 Å². The standard InChI is InChI=1S/C14H22N4O2/c1-10(2)7-13(19)17-8-11-5-6-15-18(11)12(9-17)14(20)16(3)4/h5-6,10,12H,7-9H2,1-4H3/t12-/m0/s1. The number of carbonyl (C=O) groups excluding carboxylic acids is 2. The summed E-state index contributed by atoms with van der Waals surface area (Å²) in [6.07, 6.45) is 2.19. The number of rotatable bonds is 3. The van der Waals surface area contributed by atoms with Gasteiger partial charge in [-0.3, -0.25) is 14.3 Å². The number of aromatic nitrogens is 2. The van der Waals surface area contributed by atoms with Gasteiger partial charge in [0.05, 0.1) is 18.8 Å². The number of nitrogens with zero attached hydrogens (tertiary/aromatic N) is 4. The highest BCUT2D eigenvalue weighted by Crippen LogP contribution is 2.22. The Morgan fingerprint density at radius 3 is 2.75 bits per heavy atom. The van der Waals surface area contributed by atoms with Gasteiger partial charge in [0.1, 0.15) is 6.04 Å². The van der Waals surface area contributed by atoms with Crippen LogP contribution in [0.3, 0.4) is 0 Å². The van der Waals surface area contributed by atoms with E-state index in [9.17, 15) is 9.59 Å². The van der Waals surface area contributed by atoms with Crippen molar-refractivity contribution >= 4 is 11.8 Å². The molecule has 20 heavy (non-hydrogen) atoms. The van der Waals surface area contributed by atoms with Crippen LogP contribution in [0.25, 0.3) is 0 Å². The van der Waals surface area contributed by atoms with Gasteiger partial charge in [0, 0.05) is 26.7 Å². The molecule has 1 aliphatic rings. The summed E-state index contributed by atoms with van der Waals surface area (Å²) in [5, 5.41) is 4.23. The number of fused-ring (bicyclic) bond motifs is 1. The van der Waals surface area contributed by atoms with Gasteiger partial charge in [-0.2, -0.15) is 5.10 Å². The molecule has 6 nitrogen and oxygen atoms in total. The Bertz CT molecular complexity index is 507. The van der Waals surface area contributed by atoms with Crippen LogP contribution in [-0.2, 0) is 16.1 Å². The first-order valence-corrected chi connectivity index (χ1v) is 6.91. The molecule has 1 aromatic rings. The molecule has 0 aromatic carbocycles. The van der Waals surface area contributed by atoms with Crippen molar-refractivity contribution in [1.29, 1.82) is 0 Å². The average Bonchev–Trinajstić information content (AvgIpc) is 2.83. The van der Waals surface area contributed by atoms with Gasteiger partial charge in [-0.25, -0.2) is 0 Å². The van der Waals surface area contributed by atoms with Gasteiger partial charge in [-0.1, -0.05) is 13.8 Å². The molecule has 0 aliphatic carbocycles. The molecule has 0 saturated carbocycles. The highest BCUT2D eigenvalue weighted by molar-refractivity contribution is 5.82. The summed E-state index contributed by atoms with van der Waals surface area (Å²) >= 11 is 0. The Morgan fingerprint density at radius 2 is 2.15 bits per heavy atom. The number of hydrogen-bond acceptors (Lipinski definition) is 3. The Morgan fingerprint density at radius 1 is 1.45 bits per heavy atom. The van der Waals surface area contributed by atoms with Gasteiger partial charge in [-0.15, -0.1) is 0 Å². The van der Waals surface area contributed by atoms with Crippen LogP contribution < -0.4 is 0 Å². The lowest BCUT2D eigenvalue weighted by Gasteiger charge is -2.34. The fraction of sp³-hybridized carbons (Fsp3) is 0.643. The Balaban J connectivity index is 2.22. The van der Waals surface area contributed by atoms with E-state index in [4.69, 9.17) is 0 Å². The molecule has 0 unspecified atom stereocenters. The van der Waals surface area contributed by atoms with E-state index in [-0.39, 0.29) is 11.8 Å². The highest BCUT2D eigenvalue weighted by atomic mass is 16.2. The summed E-state index contributed by atoms with van der Waals surface area (Å²) in [6, 6.07) is 1.45. The summed E-state index contributed by atoms with van der Waals surface area (Å²) < 4.78 is 1.74. The van der Waals surface area contributed by atoms with Crippen LogP contribution in [0.1, 0.15) is 32.0 Å². The SMILES string of the molecule is CC(C)CC(=O)N1Cc2ccnn2[C@H](C(=O)N(C)C)C1. The number of likely N-dealkylation sites (N-methyl/N-ethyl adjacent to an activating group) is 1. The van der Waals surface area contributed by atoms with Gasteiger partial charge >= 0.3 is 0 Å². The monoisotopic (exact) mass is 278 g/mol. The lowest BCUT2D eigenvalue weighted by molar-refractivity contribution is -0.139. The topological polar surface area (TPSA) is 58.4 Å². The molecule has 1 aliphatic heterocycles. The van der Waals surface area contributed by atoms with Crippen LogP contribution in [0.4, 0.5) is 0 Å².